The fourth-order valence-electron chi connectivity index (χ4n) is 8.09. The van der Waals surface area contributed by atoms with E-state index in [-0.39, 0.29) is 0 Å². The molecule has 2 heterocycles. The van der Waals surface area contributed by atoms with E-state index < -0.39 is 5.97 Å². The molecule has 2 aliphatic carbocycles. The summed E-state index contributed by atoms with van der Waals surface area (Å²) in [5.74, 6) is 1.38. The number of carbonyl (C=O) groups is 1. The number of nitrogens with zero attached hydrogens (tertiary/aromatic N) is 3. The number of ether oxygens (including phenoxy) is 1. The number of carboxylic acid groups (broad SMARTS) is 1. The van der Waals surface area contributed by atoms with Gasteiger partial charge < -0.3 is 14.7 Å². The van der Waals surface area contributed by atoms with Crippen LogP contribution in [0.2, 0.25) is 0 Å². The standard InChI is InChI=1S/C37H45N3O3/c1-25(2)31-6-4-5-7-33(31)34-22-38(21-26-8-15-32(27-9-10-27)35(18-26)43-3)16-17-40(34)30-19-37(20-30)23-39(24-37)29-13-11-28(12-14-29)36(41)42/h4-8,11-15,18,25,27,30,34H,9-10,16-17,19-24H2,1-3H3,(H,41,42). The van der Waals surface area contributed by atoms with Gasteiger partial charge in [-0.15, -0.1) is 0 Å². The third-order valence-corrected chi connectivity index (χ3v) is 10.5. The summed E-state index contributed by atoms with van der Waals surface area (Å²) in [7, 11) is 1.81. The van der Waals surface area contributed by atoms with E-state index in [0.29, 0.717) is 34.9 Å². The molecule has 2 saturated heterocycles. The first-order valence-corrected chi connectivity index (χ1v) is 16.1. The Kier molecular flexibility index (Phi) is 7.46. The van der Waals surface area contributed by atoms with Gasteiger partial charge in [-0.2, -0.15) is 0 Å². The molecule has 3 aromatic carbocycles. The van der Waals surface area contributed by atoms with Crippen LogP contribution < -0.4 is 9.64 Å². The van der Waals surface area contributed by atoms with Crippen molar-refractivity contribution in [1.29, 1.82) is 0 Å². The third-order valence-electron chi connectivity index (χ3n) is 10.5. The monoisotopic (exact) mass is 579 g/mol. The molecule has 0 aromatic heterocycles. The highest BCUT2D eigenvalue weighted by atomic mass is 16.5. The van der Waals surface area contributed by atoms with Crippen LogP contribution in [0.3, 0.4) is 0 Å². The van der Waals surface area contributed by atoms with Crippen LogP contribution in [0.5, 0.6) is 5.75 Å². The number of carboxylic acids is 1. The van der Waals surface area contributed by atoms with Crippen LogP contribution in [0.4, 0.5) is 5.69 Å². The Morgan fingerprint density at radius 1 is 0.977 bits per heavy atom. The molecule has 1 N–H and O–H groups in total. The highest BCUT2D eigenvalue weighted by Gasteiger charge is 2.55. The molecule has 1 atom stereocenters. The predicted molar refractivity (Wildman–Crippen MR) is 171 cm³/mol. The number of hydrogen-bond acceptors (Lipinski definition) is 5. The lowest BCUT2D eigenvalue weighted by molar-refractivity contribution is -0.0647. The van der Waals surface area contributed by atoms with E-state index >= 15 is 0 Å². The average Bonchev–Trinajstić information content (AvgIpc) is 3.82. The fourth-order valence-corrected chi connectivity index (χ4v) is 8.09. The van der Waals surface area contributed by atoms with E-state index in [1.165, 1.54) is 47.9 Å². The van der Waals surface area contributed by atoms with Crippen molar-refractivity contribution < 1.29 is 14.6 Å². The normalized spacial score (nSPS) is 22.4. The zero-order valence-corrected chi connectivity index (χ0v) is 25.8. The number of anilines is 1. The summed E-state index contributed by atoms with van der Waals surface area (Å²) in [6.07, 6.45) is 5.07. The van der Waals surface area contributed by atoms with Crippen molar-refractivity contribution >= 4 is 11.7 Å². The van der Waals surface area contributed by atoms with Crippen LogP contribution >= 0.6 is 0 Å². The number of methoxy groups -OCH3 is 1. The quantitative estimate of drug-likeness (QED) is 0.297. The fraction of sp³-hybridized carbons (Fsp3) is 0.486. The van der Waals surface area contributed by atoms with Crippen LogP contribution in [-0.4, -0.2) is 66.8 Å². The highest BCUT2D eigenvalue weighted by Crippen LogP contribution is 2.53. The SMILES string of the molecule is COc1cc(CN2CCN(C3CC4(C3)CN(c3ccc(C(=O)O)cc3)C4)C(c3ccccc3C(C)C)C2)ccc1C1CC1. The molecular weight excluding hydrogens is 534 g/mol. The Hall–Kier alpha value is -3.35. The molecule has 2 saturated carbocycles. The first-order chi connectivity index (χ1) is 20.8. The summed E-state index contributed by atoms with van der Waals surface area (Å²) in [5.41, 5.74) is 7.59. The van der Waals surface area contributed by atoms with Gasteiger partial charge in [0.25, 0.3) is 0 Å². The molecule has 7 rings (SSSR count). The number of benzene rings is 3. The Bertz CT molecular complexity index is 1470. The van der Waals surface area contributed by atoms with Crippen molar-refractivity contribution in [2.75, 3.05) is 44.7 Å². The molecule has 226 valence electrons. The van der Waals surface area contributed by atoms with Gasteiger partial charge in [0.1, 0.15) is 5.75 Å². The summed E-state index contributed by atoms with van der Waals surface area (Å²) in [6.45, 7) is 11.0. The van der Waals surface area contributed by atoms with Gasteiger partial charge >= 0.3 is 5.97 Å². The molecule has 1 unspecified atom stereocenters. The van der Waals surface area contributed by atoms with E-state index in [1.807, 2.05) is 19.2 Å². The molecule has 6 nitrogen and oxygen atoms in total. The van der Waals surface area contributed by atoms with Gasteiger partial charge in [0.05, 0.1) is 12.7 Å². The van der Waals surface area contributed by atoms with Crippen molar-refractivity contribution in [1.82, 2.24) is 9.80 Å². The van der Waals surface area contributed by atoms with Gasteiger partial charge in [-0.1, -0.05) is 50.2 Å². The molecular formula is C37H45N3O3. The molecule has 3 aromatic rings. The minimum absolute atomic E-state index is 0.351. The van der Waals surface area contributed by atoms with Crippen molar-refractivity contribution in [2.24, 2.45) is 5.41 Å². The molecule has 0 radical (unpaired) electrons. The van der Waals surface area contributed by atoms with E-state index in [2.05, 4.69) is 71.0 Å². The van der Waals surface area contributed by atoms with E-state index in [1.54, 1.807) is 12.1 Å². The Morgan fingerprint density at radius 3 is 2.40 bits per heavy atom. The first-order valence-electron chi connectivity index (χ1n) is 16.1. The third kappa shape index (κ3) is 5.56. The Balaban J connectivity index is 1.05. The number of hydrogen-bond donors (Lipinski definition) is 1. The minimum atomic E-state index is -0.867. The maximum Gasteiger partial charge on any atom is 0.335 e. The van der Waals surface area contributed by atoms with Crippen LogP contribution in [0, 0.1) is 5.41 Å². The number of rotatable bonds is 9. The van der Waals surface area contributed by atoms with Crippen molar-refractivity contribution in [3.05, 3.63) is 94.5 Å². The van der Waals surface area contributed by atoms with Crippen LogP contribution in [0.15, 0.2) is 66.7 Å². The second kappa shape index (κ2) is 11.3. The molecule has 0 amide bonds. The van der Waals surface area contributed by atoms with Crippen LogP contribution in [-0.2, 0) is 6.54 Å². The molecule has 1 spiro atoms. The van der Waals surface area contributed by atoms with Crippen molar-refractivity contribution in [3.63, 3.8) is 0 Å². The van der Waals surface area contributed by atoms with E-state index in [0.717, 1.165) is 50.7 Å². The van der Waals surface area contributed by atoms with Gasteiger partial charge in [-0.05, 0) is 90.1 Å². The predicted octanol–water partition coefficient (Wildman–Crippen LogP) is 6.92. The Morgan fingerprint density at radius 2 is 1.72 bits per heavy atom. The molecule has 43 heavy (non-hydrogen) atoms. The molecule has 4 aliphatic rings. The summed E-state index contributed by atoms with van der Waals surface area (Å²) >= 11 is 0. The van der Waals surface area contributed by atoms with Crippen molar-refractivity contribution in [2.45, 2.75) is 70.0 Å². The topological polar surface area (TPSA) is 56.2 Å². The van der Waals surface area contributed by atoms with Gasteiger partial charge in [-0.3, -0.25) is 9.80 Å². The van der Waals surface area contributed by atoms with E-state index in [9.17, 15) is 9.90 Å². The first kappa shape index (κ1) is 28.4. The lowest BCUT2D eigenvalue weighted by Crippen LogP contribution is -2.68. The average molecular weight is 580 g/mol. The van der Waals surface area contributed by atoms with Gasteiger partial charge in [-0.25, -0.2) is 4.79 Å². The maximum atomic E-state index is 11.2. The zero-order chi connectivity index (χ0) is 29.7. The van der Waals surface area contributed by atoms with Gasteiger partial charge in [0.2, 0.25) is 0 Å². The molecule has 4 fully saturated rings. The number of piperazine rings is 1. The summed E-state index contributed by atoms with van der Waals surface area (Å²) in [6, 6.07) is 24.4. The molecule has 0 bridgehead atoms. The largest absolute Gasteiger partial charge is 0.496 e. The van der Waals surface area contributed by atoms with Gasteiger partial charge in [0, 0.05) is 62.5 Å². The second-order valence-electron chi connectivity index (χ2n) is 13.9. The second-order valence-corrected chi connectivity index (χ2v) is 13.9. The smallest absolute Gasteiger partial charge is 0.335 e. The number of aromatic carboxylic acids is 1. The zero-order valence-electron chi connectivity index (χ0n) is 25.8. The maximum absolute atomic E-state index is 11.2. The minimum Gasteiger partial charge on any atom is -0.496 e. The summed E-state index contributed by atoms with van der Waals surface area (Å²) in [4.78, 5) is 19.2. The highest BCUT2D eigenvalue weighted by molar-refractivity contribution is 5.88. The van der Waals surface area contributed by atoms with Crippen molar-refractivity contribution in [3.8, 4) is 5.75 Å². The van der Waals surface area contributed by atoms with Crippen LogP contribution in [0.1, 0.15) is 90.0 Å². The van der Waals surface area contributed by atoms with Gasteiger partial charge in [0.15, 0.2) is 0 Å². The molecule has 6 heteroatoms. The lowest BCUT2D eigenvalue weighted by Gasteiger charge is -2.63. The summed E-state index contributed by atoms with van der Waals surface area (Å²) in [5, 5.41) is 9.24. The Labute approximate surface area is 256 Å². The molecule has 2 aliphatic heterocycles. The lowest BCUT2D eigenvalue weighted by atomic mass is 9.59. The van der Waals surface area contributed by atoms with Crippen LogP contribution in [0.25, 0.3) is 0 Å². The van der Waals surface area contributed by atoms with E-state index in [4.69, 9.17) is 4.74 Å². The summed E-state index contributed by atoms with van der Waals surface area (Å²) < 4.78 is 5.81.